The number of hydrogen-bond donors (Lipinski definition) is 6. The zero-order valence-corrected chi connectivity index (χ0v) is 57.0. The molecule has 499 valence electrons. The molecule has 0 saturated carbocycles. The fourth-order valence-electron chi connectivity index (χ4n) is 12.3. The average Bonchev–Trinajstić information content (AvgIpc) is 1.61. The zero-order chi connectivity index (χ0) is 68.1. The van der Waals surface area contributed by atoms with E-state index in [1.807, 2.05) is 69.3 Å². The average molecular weight is 1270 g/mol. The molecule has 6 N–H and O–H groups in total. The molecule has 2 saturated heterocycles. The van der Waals surface area contributed by atoms with Crippen LogP contribution < -0.4 is 36.6 Å². The number of likely N-dealkylation sites (N-methyl/N-ethyl adjacent to an activating group) is 2. The van der Waals surface area contributed by atoms with Crippen LogP contribution in [-0.4, -0.2) is 180 Å². The molecule has 0 unspecified atom stereocenters. The van der Waals surface area contributed by atoms with Gasteiger partial charge in [-0.05, 0) is 76.0 Å². The van der Waals surface area contributed by atoms with Gasteiger partial charge in [-0.1, -0.05) is 51.1 Å². The molecule has 1 radical (unpaired) electrons. The number of benzene rings is 3. The topological polar surface area (TPSA) is 266 Å². The minimum atomic E-state index is -1.20. The van der Waals surface area contributed by atoms with E-state index in [-0.39, 0.29) is 60.5 Å². The molecule has 2 aliphatic carbocycles. The van der Waals surface area contributed by atoms with Gasteiger partial charge in [0.25, 0.3) is 5.91 Å². The summed E-state index contributed by atoms with van der Waals surface area (Å²) < 4.78 is 16.8. The summed E-state index contributed by atoms with van der Waals surface area (Å²) in [5, 5.41) is 18.6. The van der Waals surface area contributed by atoms with Crippen molar-refractivity contribution in [1.82, 2.24) is 51.5 Å². The van der Waals surface area contributed by atoms with E-state index in [9.17, 15) is 33.6 Å². The summed E-state index contributed by atoms with van der Waals surface area (Å²) in [5.74, 6) is -3.60. The molecule has 2 fully saturated rings. The van der Waals surface area contributed by atoms with Crippen LogP contribution in [0.1, 0.15) is 191 Å². The molecule has 23 heteroatoms. The van der Waals surface area contributed by atoms with Crippen molar-refractivity contribution in [2.75, 3.05) is 34.3 Å². The third-order valence-corrected chi connectivity index (χ3v) is 17.7. The summed E-state index contributed by atoms with van der Waals surface area (Å²) in [5.41, 5.74) is 1.08. The molecular formula is C69H98BN10O12. The molecule has 2 aliphatic heterocycles. The minimum absolute atomic E-state index is 0.00510. The Bertz CT molecular complexity index is 3070. The van der Waals surface area contributed by atoms with Crippen molar-refractivity contribution >= 4 is 66.6 Å². The maximum absolute atomic E-state index is 15.2. The van der Waals surface area contributed by atoms with Gasteiger partial charge in [0.15, 0.2) is 0 Å². The summed E-state index contributed by atoms with van der Waals surface area (Å²) >= 11 is 0. The number of fused-ring (bicyclic) bond motifs is 2. The Balaban J connectivity index is 1.13. The van der Waals surface area contributed by atoms with Crippen LogP contribution in [0.5, 0.6) is 5.75 Å². The second-order valence-electron chi connectivity index (χ2n) is 29.3. The Morgan fingerprint density at radius 3 is 1.34 bits per heavy atom. The van der Waals surface area contributed by atoms with Crippen LogP contribution in [0.25, 0.3) is 0 Å². The van der Waals surface area contributed by atoms with Crippen molar-refractivity contribution < 1.29 is 57.4 Å². The van der Waals surface area contributed by atoms with Crippen LogP contribution >= 0.6 is 0 Å². The molecule has 22 nitrogen and oxygen atoms in total. The van der Waals surface area contributed by atoms with E-state index in [0.717, 1.165) is 52.8 Å². The first kappa shape index (κ1) is 71.5. The van der Waals surface area contributed by atoms with Crippen molar-refractivity contribution in [3.05, 3.63) is 100 Å². The number of carbonyl (C=O) groups is 9. The summed E-state index contributed by atoms with van der Waals surface area (Å²) in [4.78, 5) is 135. The van der Waals surface area contributed by atoms with Crippen LogP contribution in [0.2, 0.25) is 0 Å². The third kappa shape index (κ3) is 17.8. The van der Waals surface area contributed by atoms with Gasteiger partial charge in [0.05, 0.1) is 13.2 Å². The Morgan fingerprint density at radius 1 is 0.554 bits per heavy atom. The predicted octanol–water partition coefficient (Wildman–Crippen LogP) is 6.83. The van der Waals surface area contributed by atoms with Crippen LogP contribution in [0.15, 0.2) is 66.7 Å². The number of carbonyl (C=O) groups excluding carboxylic acids is 9. The van der Waals surface area contributed by atoms with Gasteiger partial charge in [-0.15, -0.1) is 0 Å². The Morgan fingerprint density at radius 2 is 0.946 bits per heavy atom. The summed E-state index contributed by atoms with van der Waals surface area (Å²) in [7, 11) is 11.1. The van der Waals surface area contributed by atoms with E-state index in [2.05, 4.69) is 31.9 Å². The molecule has 3 aromatic carbocycles. The van der Waals surface area contributed by atoms with Crippen molar-refractivity contribution in [3.63, 3.8) is 0 Å². The summed E-state index contributed by atoms with van der Waals surface area (Å²) in [6, 6.07) is 11.8. The predicted molar refractivity (Wildman–Crippen MR) is 352 cm³/mol. The fourth-order valence-corrected chi connectivity index (χ4v) is 12.3. The molecule has 4 aliphatic rings. The van der Waals surface area contributed by atoms with Gasteiger partial charge in [0.1, 0.15) is 23.7 Å². The molecule has 7 rings (SSSR count). The molecule has 92 heavy (non-hydrogen) atoms. The van der Waals surface area contributed by atoms with Gasteiger partial charge in [0, 0.05) is 19.6 Å². The zero-order valence-electron chi connectivity index (χ0n) is 57.0. The number of ether oxygens (including phenoxy) is 3. The molecule has 0 spiro atoms. The Hall–Kier alpha value is -7.98. The van der Waals surface area contributed by atoms with Gasteiger partial charge in [-0.2, -0.15) is 0 Å². The summed E-state index contributed by atoms with van der Waals surface area (Å²) in [6.07, 6.45) is 3.44. The molecule has 10 atom stereocenters. The number of amides is 9. The quantitative estimate of drug-likeness (QED) is 0.0715. The van der Waals surface area contributed by atoms with Crippen LogP contribution in [-0.2, 0) is 46.3 Å². The van der Waals surface area contributed by atoms with E-state index in [4.69, 9.17) is 21.7 Å². The Labute approximate surface area is 544 Å². The SMILES string of the molecule is [B]=C(N[C@H](C(=O)N1C[C@@H](NC(=O)c2cc(OC)cc(C(=O)N[C@H]3C[C@@H](C(=O)N[C@@H]4CCCc5ccccc54)N(C(=O)[C@@H](NC(=O)[C@H](C)N(C)C(=O)OC(C)(C)C)C(C)(C)C)C3)c2)C[C@H]1C(=O)N[C@@H]1CCCc2ccccc21)C(C)(C)C)[C@H](C)N(C)C(=O)OC(C)(C)C. The number of aryl methyl sites for hydroxylation is 2. The molecule has 2 heterocycles. The van der Waals surface area contributed by atoms with E-state index >= 15 is 9.59 Å². The van der Waals surface area contributed by atoms with E-state index < -0.39 is 124 Å². The van der Waals surface area contributed by atoms with Crippen molar-refractivity contribution in [3.8, 4) is 5.75 Å². The number of nitrogens with one attached hydrogen (secondary N) is 6. The van der Waals surface area contributed by atoms with Gasteiger partial charge >= 0.3 is 280 Å². The van der Waals surface area contributed by atoms with Gasteiger partial charge in [0.2, 0.25) is 17.7 Å². The number of rotatable bonds is 18. The van der Waals surface area contributed by atoms with Crippen molar-refractivity contribution in [1.29, 1.82) is 0 Å². The molecule has 9 amide bonds. The number of hydrogen-bond acceptors (Lipinski definition) is 13. The van der Waals surface area contributed by atoms with E-state index in [0.29, 0.717) is 12.8 Å². The second kappa shape index (κ2) is 28.9. The fraction of sp³-hybridized carbons (Fsp3) is 0.594. The molecular weight excluding hydrogens is 1170 g/mol. The van der Waals surface area contributed by atoms with Crippen molar-refractivity contribution in [2.45, 2.75) is 220 Å². The van der Waals surface area contributed by atoms with Crippen LogP contribution in [0.3, 0.4) is 0 Å². The normalized spacial score (nSPS) is 21.1. The first-order valence-electron chi connectivity index (χ1n) is 32.1. The second-order valence-corrected chi connectivity index (χ2v) is 29.3. The van der Waals surface area contributed by atoms with Crippen LogP contribution in [0, 0.1) is 10.8 Å². The standard InChI is InChI=1S/C69H98BN10O12/c1-39(77(15)64(88)91-68(9,10)11)56(70)75-54(66(3,4)5)62(86)79-37-45(35-52(79)60(84)73-50-30-22-26-41-24-18-20-28-48(41)50)71-58(82)43-32-44(34-47(33-43)90-17)59(83)72-46-36-53(61(85)74-51-31-23-27-42-25-19-21-29-49(42)51)80(38-46)63(87)55(67(6,7)8)76-57(81)40(2)78(16)65(89)92-69(12,13)14/h18-21,24-25,28-29,32-34,39-40,45-46,50-55,75H,22-23,26-27,30-31,35-38H2,1-17H3,(H,71,82)(H,72,83)(H,73,84)(H,74,85)(H,76,81)/t39-,40-,45-,46-,50+,51+,52-,53-,54+,55+/m0/s1. The van der Waals surface area contributed by atoms with Crippen LogP contribution in [0.4, 0.5) is 9.59 Å². The summed E-state index contributed by atoms with van der Waals surface area (Å²) in [6.45, 7) is 24.3. The van der Waals surface area contributed by atoms with Crippen molar-refractivity contribution in [2.24, 2.45) is 10.8 Å². The number of methoxy groups -OCH3 is 1. The molecule has 3 aromatic rings. The first-order chi connectivity index (χ1) is 42.8. The third-order valence-electron chi connectivity index (χ3n) is 17.7. The number of nitrogens with zero attached hydrogens (tertiary/aromatic N) is 4. The monoisotopic (exact) mass is 1270 g/mol. The van der Waals surface area contributed by atoms with Gasteiger partial charge < -0.3 is 30.3 Å². The Kier molecular flexibility index (Phi) is 22.5. The van der Waals surface area contributed by atoms with E-state index in [1.165, 1.54) is 54.0 Å². The van der Waals surface area contributed by atoms with E-state index in [1.54, 1.807) is 76.3 Å². The number of likely N-dealkylation sites (tertiary alicyclic amines) is 2. The van der Waals surface area contributed by atoms with Gasteiger partial charge in [-0.25, -0.2) is 4.79 Å². The maximum atomic E-state index is 15.2. The molecule has 0 aromatic heterocycles. The van der Waals surface area contributed by atoms with Gasteiger partial charge in [-0.3, -0.25) is 24.1 Å². The first-order valence-corrected chi connectivity index (χ1v) is 32.1. The molecule has 0 bridgehead atoms.